The molecule has 6 heteroatoms. The number of fused-ring (bicyclic) bond motifs is 3. The molecule has 0 atom stereocenters. The Morgan fingerprint density at radius 1 is 0.960 bits per heavy atom. The molecule has 0 bridgehead atoms. The zero-order valence-corrected chi connectivity index (χ0v) is 14.9. The summed E-state index contributed by atoms with van der Waals surface area (Å²) in [4.78, 5) is 0.203. The quantitative estimate of drug-likeness (QED) is 0.551. The topological polar surface area (TPSA) is 61.4 Å². The molecule has 5 nitrogen and oxygen atoms in total. The highest BCUT2D eigenvalue weighted by Crippen LogP contribution is 2.37. The molecule has 4 rings (SSSR count). The van der Waals surface area contributed by atoms with Gasteiger partial charge in [-0.2, -0.15) is 0 Å². The number of aryl methyl sites for hydroxylation is 2. The Labute approximate surface area is 145 Å². The number of para-hydroxylation sites is 1. The van der Waals surface area contributed by atoms with E-state index >= 15 is 0 Å². The fourth-order valence-electron chi connectivity index (χ4n) is 3.32. The Hall–Kier alpha value is -2.73. The Morgan fingerprint density at radius 2 is 1.64 bits per heavy atom. The number of benzene rings is 2. The molecule has 0 aliphatic heterocycles. The van der Waals surface area contributed by atoms with Gasteiger partial charge in [-0.05, 0) is 44.2 Å². The zero-order chi connectivity index (χ0) is 17.8. The van der Waals surface area contributed by atoms with Gasteiger partial charge in [0.25, 0.3) is 10.0 Å². The summed E-state index contributed by atoms with van der Waals surface area (Å²) in [5, 5.41) is 1.70. The van der Waals surface area contributed by atoms with E-state index in [9.17, 15) is 8.42 Å². The molecule has 0 aliphatic rings. The molecule has 2 aromatic heterocycles. The summed E-state index contributed by atoms with van der Waals surface area (Å²) in [6.07, 6.45) is 0. The van der Waals surface area contributed by atoms with E-state index in [4.69, 9.17) is 9.15 Å². The van der Waals surface area contributed by atoms with E-state index in [1.807, 2.05) is 31.2 Å². The van der Waals surface area contributed by atoms with E-state index in [1.165, 1.54) is 3.97 Å². The number of ether oxygens (including phenoxy) is 1. The lowest BCUT2D eigenvalue weighted by molar-refractivity contribution is 0.414. The summed E-state index contributed by atoms with van der Waals surface area (Å²) in [5.74, 6) is 1.91. The van der Waals surface area contributed by atoms with E-state index < -0.39 is 10.0 Å². The van der Waals surface area contributed by atoms with Crippen LogP contribution in [0.1, 0.15) is 11.5 Å². The van der Waals surface area contributed by atoms with Crippen LogP contribution in [0.2, 0.25) is 0 Å². The van der Waals surface area contributed by atoms with Crippen LogP contribution in [-0.2, 0) is 10.0 Å². The van der Waals surface area contributed by atoms with Gasteiger partial charge in [-0.1, -0.05) is 18.2 Å². The van der Waals surface area contributed by atoms with E-state index in [2.05, 4.69) is 0 Å². The minimum atomic E-state index is -3.78. The van der Waals surface area contributed by atoms with Gasteiger partial charge in [-0.25, -0.2) is 12.4 Å². The average Bonchev–Trinajstić information content (AvgIpc) is 3.11. The Balaban J connectivity index is 2.10. The second-order valence-corrected chi connectivity index (χ2v) is 7.69. The van der Waals surface area contributed by atoms with E-state index in [-0.39, 0.29) is 4.90 Å². The molecule has 128 valence electrons. The normalized spacial score (nSPS) is 12.1. The van der Waals surface area contributed by atoms with Gasteiger partial charge in [0.15, 0.2) is 0 Å². The zero-order valence-electron chi connectivity index (χ0n) is 14.1. The van der Waals surface area contributed by atoms with Crippen molar-refractivity contribution in [3.05, 3.63) is 60.1 Å². The van der Waals surface area contributed by atoms with E-state index in [0.717, 1.165) is 10.8 Å². The van der Waals surface area contributed by atoms with Crippen molar-refractivity contribution >= 4 is 31.8 Å². The summed E-state index contributed by atoms with van der Waals surface area (Å²) in [7, 11) is -2.24. The Morgan fingerprint density at radius 3 is 2.32 bits per heavy atom. The lowest BCUT2D eigenvalue weighted by atomic mass is 10.2. The number of furan rings is 1. The van der Waals surface area contributed by atoms with Gasteiger partial charge < -0.3 is 9.15 Å². The van der Waals surface area contributed by atoms with Crippen molar-refractivity contribution in [2.24, 2.45) is 0 Å². The number of aromatic nitrogens is 1. The molecule has 0 aliphatic carbocycles. The van der Waals surface area contributed by atoms with Crippen LogP contribution >= 0.6 is 0 Å². The molecule has 0 amide bonds. The SMILES string of the molecule is COc1ccc(S(=O)(=O)n2c3ccccc3c3c(C)oc(C)c32)cc1. The van der Waals surface area contributed by atoms with E-state index in [1.54, 1.807) is 38.3 Å². The second kappa shape index (κ2) is 5.39. The maximum atomic E-state index is 13.4. The number of nitrogens with zero attached hydrogens (tertiary/aromatic N) is 1. The van der Waals surface area contributed by atoms with Gasteiger partial charge in [0.05, 0.1) is 22.9 Å². The molecule has 2 heterocycles. The molecular weight excluding hydrogens is 338 g/mol. The maximum absolute atomic E-state index is 13.4. The highest BCUT2D eigenvalue weighted by Gasteiger charge is 2.27. The molecule has 0 N–H and O–H groups in total. The first-order valence-corrected chi connectivity index (χ1v) is 9.28. The predicted molar refractivity (Wildman–Crippen MR) is 96.8 cm³/mol. The minimum Gasteiger partial charge on any atom is -0.497 e. The average molecular weight is 355 g/mol. The van der Waals surface area contributed by atoms with Crippen molar-refractivity contribution in [3.63, 3.8) is 0 Å². The number of methoxy groups -OCH3 is 1. The molecule has 0 spiro atoms. The molecule has 2 aromatic carbocycles. The molecule has 4 aromatic rings. The molecule has 25 heavy (non-hydrogen) atoms. The fourth-order valence-corrected chi connectivity index (χ4v) is 4.89. The summed E-state index contributed by atoms with van der Waals surface area (Å²) in [5.41, 5.74) is 1.24. The summed E-state index contributed by atoms with van der Waals surface area (Å²) in [6.45, 7) is 3.64. The van der Waals surface area contributed by atoms with Crippen molar-refractivity contribution in [1.29, 1.82) is 0 Å². The summed E-state index contributed by atoms with van der Waals surface area (Å²) >= 11 is 0. The van der Waals surface area contributed by atoms with Gasteiger partial charge in [0, 0.05) is 5.39 Å². The van der Waals surface area contributed by atoms with Crippen molar-refractivity contribution in [2.45, 2.75) is 18.7 Å². The fraction of sp³-hybridized carbons (Fsp3) is 0.158. The smallest absolute Gasteiger partial charge is 0.268 e. The number of hydrogen-bond donors (Lipinski definition) is 0. The molecule has 0 unspecified atom stereocenters. The van der Waals surface area contributed by atoms with E-state index in [0.29, 0.717) is 28.3 Å². The molecule has 0 saturated heterocycles. The van der Waals surface area contributed by atoms with Crippen molar-refractivity contribution < 1.29 is 17.6 Å². The highest BCUT2D eigenvalue weighted by molar-refractivity contribution is 7.90. The van der Waals surface area contributed by atoms with Crippen LogP contribution in [0.25, 0.3) is 21.8 Å². The monoisotopic (exact) mass is 355 g/mol. The third-order valence-electron chi connectivity index (χ3n) is 4.42. The van der Waals surface area contributed by atoms with Crippen LogP contribution < -0.4 is 4.74 Å². The lowest BCUT2D eigenvalue weighted by Crippen LogP contribution is -2.12. The van der Waals surface area contributed by atoms with Gasteiger partial charge >= 0.3 is 0 Å². The van der Waals surface area contributed by atoms with Crippen LogP contribution in [0, 0.1) is 13.8 Å². The maximum Gasteiger partial charge on any atom is 0.268 e. The molecular formula is C19H17NO4S. The second-order valence-electron chi connectivity index (χ2n) is 5.90. The summed E-state index contributed by atoms with van der Waals surface area (Å²) in [6, 6.07) is 13.9. The van der Waals surface area contributed by atoms with Crippen molar-refractivity contribution in [2.75, 3.05) is 7.11 Å². The highest BCUT2D eigenvalue weighted by atomic mass is 32.2. The van der Waals surface area contributed by atoms with Gasteiger partial charge in [-0.15, -0.1) is 0 Å². The van der Waals surface area contributed by atoms with Crippen LogP contribution in [0.3, 0.4) is 0 Å². The lowest BCUT2D eigenvalue weighted by Gasteiger charge is -2.10. The number of hydrogen-bond acceptors (Lipinski definition) is 4. The first-order valence-electron chi connectivity index (χ1n) is 7.84. The standard InChI is InChI=1S/C19H17NO4S/c1-12-18-16-6-4-5-7-17(16)20(19(18)13(2)24-12)25(21,22)15-10-8-14(23-3)9-11-15/h4-11H,1-3H3. The number of rotatable bonds is 3. The first-order chi connectivity index (χ1) is 11.9. The van der Waals surface area contributed by atoms with Gasteiger partial charge in [-0.3, -0.25) is 0 Å². The van der Waals surface area contributed by atoms with Crippen molar-refractivity contribution in [3.8, 4) is 5.75 Å². The minimum absolute atomic E-state index is 0.203. The van der Waals surface area contributed by atoms with Crippen LogP contribution in [0.15, 0.2) is 57.8 Å². The first kappa shape index (κ1) is 15.8. The van der Waals surface area contributed by atoms with Crippen molar-refractivity contribution in [1.82, 2.24) is 3.97 Å². The van der Waals surface area contributed by atoms with Crippen LogP contribution in [-0.4, -0.2) is 19.5 Å². The molecule has 0 radical (unpaired) electrons. The van der Waals surface area contributed by atoms with Gasteiger partial charge in [0.1, 0.15) is 22.8 Å². The largest absolute Gasteiger partial charge is 0.497 e. The Kier molecular flexibility index (Phi) is 3.40. The third kappa shape index (κ3) is 2.17. The third-order valence-corrected chi connectivity index (χ3v) is 6.15. The Bertz CT molecular complexity index is 1200. The molecule has 0 saturated carbocycles. The van der Waals surface area contributed by atoms with Gasteiger partial charge in [0.2, 0.25) is 0 Å². The molecule has 0 fully saturated rings. The van der Waals surface area contributed by atoms with Crippen LogP contribution in [0.5, 0.6) is 5.75 Å². The van der Waals surface area contributed by atoms with Crippen LogP contribution in [0.4, 0.5) is 0 Å². The summed E-state index contributed by atoms with van der Waals surface area (Å²) < 4.78 is 38.9. The predicted octanol–water partition coefficient (Wildman–Crippen LogP) is 4.25.